The quantitative estimate of drug-likeness (QED) is 0.208. The monoisotopic (exact) mass is 573 g/mol. The van der Waals surface area contributed by atoms with Crippen molar-refractivity contribution >= 4 is 33.9 Å². The zero-order valence-corrected chi connectivity index (χ0v) is 23.4. The van der Waals surface area contributed by atoms with Crippen LogP contribution in [0.15, 0.2) is 15.0 Å². The Kier molecular flexibility index (Phi) is 12.9. The maximum absolute atomic E-state index is 13.4. The summed E-state index contributed by atoms with van der Waals surface area (Å²) in [6.07, 6.45) is 6.07. The van der Waals surface area contributed by atoms with Crippen LogP contribution in [0, 0.1) is 5.92 Å². The highest BCUT2D eigenvalue weighted by atomic mass is 79.9. The first-order chi connectivity index (χ1) is 17.2. The summed E-state index contributed by atoms with van der Waals surface area (Å²) >= 11 is 3.52. The number of aryl methyl sites for hydroxylation is 1. The number of cyclic esters (lactones) is 1. The first kappa shape index (κ1) is 30.3. The van der Waals surface area contributed by atoms with Gasteiger partial charge >= 0.3 is 12.1 Å². The Hall–Kier alpha value is -1.91. The number of imide groups is 1. The fourth-order valence-corrected chi connectivity index (χ4v) is 4.82. The average molecular weight is 575 g/mol. The van der Waals surface area contributed by atoms with Crippen LogP contribution >= 0.6 is 15.9 Å². The molecule has 2 amide bonds. The number of nitrogens with zero attached hydrogens (tertiary/aromatic N) is 1. The van der Waals surface area contributed by atoms with E-state index >= 15 is 0 Å². The molecule has 1 fully saturated rings. The molecule has 10 heteroatoms. The van der Waals surface area contributed by atoms with Crippen molar-refractivity contribution in [1.82, 2.24) is 4.90 Å². The lowest BCUT2D eigenvalue weighted by molar-refractivity contribution is -0.164. The molecular formula is C26H40BrNO8. The molecule has 3 atom stereocenters. The number of unbranched alkanes of at least 4 members (excludes halogenated alkanes) is 7. The van der Waals surface area contributed by atoms with Gasteiger partial charge in [0.2, 0.25) is 0 Å². The van der Waals surface area contributed by atoms with Gasteiger partial charge in [-0.25, -0.2) is 9.69 Å². The standard InChI is InChI=1S/C26H40BrNO8/c1-17(2)20-16-34-26(32)28(20)25(31)24(33-4)23(35-18(3)30)22-15-19(27)21(36-22)13-11-9-7-5-6-8-10-12-14-29/h15,17,20,23-24,29H,5-14,16H2,1-4H3. The van der Waals surface area contributed by atoms with Gasteiger partial charge in [0.15, 0.2) is 12.2 Å². The van der Waals surface area contributed by atoms with E-state index in [0.717, 1.165) is 47.9 Å². The second-order valence-corrected chi connectivity index (χ2v) is 10.4. The highest BCUT2D eigenvalue weighted by Crippen LogP contribution is 2.34. The molecule has 9 nitrogen and oxygen atoms in total. The largest absolute Gasteiger partial charge is 0.461 e. The van der Waals surface area contributed by atoms with Crippen molar-refractivity contribution < 1.29 is 38.1 Å². The minimum Gasteiger partial charge on any atom is -0.461 e. The number of hydrogen-bond donors (Lipinski definition) is 1. The van der Waals surface area contributed by atoms with Crippen LogP contribution in [0.3, 0.4) is 0 Å². The number of aliphatic hydroxyl groups is 1. The van der Waals surface area contributed by atoms with Crippen molar-refractivity contribution in [2.24, 2.45) is 5.92 Å². The van der Waals surface area contributed by atoms with Crippen LogP contribution < -0.4 is 0 Å². The number of methoxy groups -OCH3 is 1. The van der Waals surface area contributed by atoms with E-state index in [2.05, 4.69) is 15.9 Å². The topological polar surface area (TPSA) is 116 Å². The van der Waals surface area contributed by atoms with Crippen molar-refractivity contribution in [3.05, 3.63) is 22.1 Å². The number of amides is 2. The molecule has 1 saturated heterocycles. The molecule has 1 aliphatic rings. The highest BCUT2D eigenvalue weighted by Gasteiger charge is 2.46. The van der Waals surface area contributed by atoms with Gasteiger partial charge in [0.25, 0.3) is 5.91 Å². The third-order valence-electron chi connectivity index (χ3n) is 6.35. The lowest BCUT2D eigenvalue weighted by atomic mass is 10.0. The molecule has 1 aromatic rings. The Balaban J connectivity index is 2.06. The molecule has 2 rings (SSSR count). The van der Waals surface area contributed by atoms with Gasteiger partial charge < -0.3 is 23.7 Å². The Morgan fingerprint density at radius 2 is 1.75 bits per heavy atom. The van der Waals surface area contributed by atoms with Crippen LogP contribution in [0.4, 0.5) is 4.79 Å². The molecule has 1 aromatic heterocycles. The van der Waals surface area contributed by atoms with Crippen LogP contribution in [0.1, 0.15) is 89.8 Å². The van der Waals surface area contributed by atoms with E-state index in [-0.39, 0.29) is 24.9 Å². The summed E-state index contributed by atoms with van der Waals surface area (Å²) in [5.41, 5.74) is 0. The summed E-state index contributed by atoms with van der Waals surface area (Å²) in [5.74, 6) is -0.293. The third kappa shape index (κ3) is 8.59. The SMILES string of the molecule is COC(C(=O)N1C(=O)OCC1C(C)C)C(OC(C)=O)c1cc(Br)c(CCCCCCCCCCO)o1. The van der Waals surface area contributed by atoms with E-state index in [9.17, 15) is 14.4 Å². The van der Waals surface area contributed by atoms with E-state index in [1.54, 1.807) is 6.07 Å². The predicted octanol–water partition coefficient (Wildman–Crippen LogP) is 5.32. The summed E-state index contributed by atoms with van der Waals surface area (Å²) < 4.78 is 22.8. The summed E-state index contributed by atoms with van der Waals surface area (Å²) in [6, 6.07) is 1.25. The second kappa shape index (κ2) is 15.4. The number of rotatable bonds is 16. The van der Waals surface area contributed by atoms with Gasteiger partial charge in [-0.3, -0.25) is 9.59 Å². The second-order valence-electron chi connectivity index (χ2n) is 9.50. The zero-order valence-electron chi connectivity index (χ0n) is 21.8. The third-order valence-corrected chi connectivity index (χ3v) is 7.02. The van der Waals surface area contributed by atoms with Gasteiger partial charge in [0.1, 0.15) is 18.1 Å². The number of hydrogen-bond acceptors (Lipinski definition) is 8. The molecule has 1 aliphatic heterocycles. The lowest BCUT2D eigenvalue weighted by Crippen LogP contribution is -2.49. The number of carbonyl (C=O) groups is 3. The number of carbonyl (C=O) groups excluding carboxylic acids is 3. The van der Waals surface area contributed by atoms with Gasteiger partial charge in [-0.2, -0.15) is 0 Å². The molecule has 2 heterocycles. The van der Waals surface area contributed by atoms with Crippen LogP contribution in [0.2, 0.25) is 0 Å². The maximum atomic E-state index is 13.4. The summed E-state index contributed by atoms with van der Waals surface area (Å²) in [4.78, 5) is 38.7. The molecule has 1 N–H and O–H groups in total. The molecule has 0 saturated carbocycles. The smallest absolute Gasteiger partial charge is 0.417 e. The minimum absolute atomic E-state index is 0.0185. The molecule has 0 aliphatic carbocycles. The number of esters is 1. The molecule has 0 aromatic carbocycles. The normalized spacial score (nSPS) is 17.4. The molecule has 0 spiro atoms. The molecule has 0 bridgehead atoms. The van der Waals surface area contributed by atoms with Crippen molar-refractivity contribution in [3.63, 3.8) is 0 Å². The Bertz CT molecular complexity index is 855. The van der Waals surface area contributed by atoms with Crippen LogP contribution in [-0.2, 0) is 30.2 Å². The molecule has 204 valence electrons. The van der Waals surface area contributed by atoms with Gasteiger partial charge in [-0.1, -0.05) is 52.4 Å². The zero-order chi connectivity index (χ0) is 26.7. The fraction of sp³-hybridized carbons (Fsp3) is 0.731. The fourth-order valence-electron chi connectivity index (χ4n) is 4.31. The summed E-state index contributed by atoms with van der Waals surface area (Å²) in [7, 11) is 1.33. The van der Waals surface area contributed by atoms with Gasteiger partial charge in [-0.15, -0.1) is 0 Å². The van der Waals surface area contributed by atoms with Gasteiger partial charge in [-0.05, 0) is 40.8 Å². The van der Waals surface area contributed by atoms with Crippen molar-refractivity contribution in [1.29, 1.82) is 0 Å². The molecule has 36 heavy (non-hydrogen) atoms. The Morgan fingerprint density at radius 1 is 1.14 bits per heavy atom. The van der Waals surface area contributed by atoms with Crippen LogP contribution in [0.25, 0.3) is 0 Å². The van der Waals surface area contributed by atoms with E-state index in [4.69, 9.17) is 23.7 Å². The average Bonchev–Trinajstić information content (AvgIpc) is 3.39. The Morgan fingerprint density at radius 3 is 2.31 bits per heavy atom. The van der Waals surface area contributed by atoms with Crippen molar-refractivity contribution in [2.75, 3.05) is 20.3 Å². The van der Waals surface area contributed by atoms with Crippen molar-refractivity contribution in [2.45, 2.75) is 96.8 Å². The van der Waals surface area contributed by atoms with Gasteiger partial charge in [0.05, 0.1) is 10.5 Å². The highest BCUT2D eigenvalue weighted by molar-refractivity contribution is 9.10. The number of aliphatic hydroxyl groups excluding tert-OH is 1. The van der Waals surface area contributed by atoms with E-state index in [1.165, 1.54) is 26.9 Å². The van der Waals surface area contributed by atoms with Crippen LogP contribution in [-0.4, -0.2) is 60.4 Å². The lowest BCUT2D eigenvalue weighted by Gasteiger charge is -2.29. The summed E-state index contributed by atoms with van der Waals surface area (Å²) in [6.45, 7) is 5.40. The number of halogens is 1. The Labute approximate surface area is 221 Å². The first-order valence-electron chi connectivity index (χ1n) is 12.8. The maximum Gasteiger partial charge on any atom is 0.417 e. The minimum atomic E-state index is -1.28. The number of ether oxygens (including phenoxy) is 3. The predicted molar refractivity (Wildman–Crippen MR) is 136 cm³/mol. The van der Waals surface area contributed by atoms with E-state index in [0.29, 0.717) is 12.2 Å². The van der Waals surface area contributed by atoms with Crippen LogP contribution in [0.5, 0.6) is 0 Å². The first-order valence-corrected chi connectivity index (χ1v) is 13.6. The van der Waals surface area contributed by atoms with E-state index in [1.807, 2.05) is 13.8 Å². The molecule has 3 unspecified atom stereocenters. The van der Waals surface area contributed by atoms with Crippen molar-refractivity contribution in [3.8, 4) is 0 Å². The van der Waals surface area contributed by atoms with Gasteiger partial charge in [0, 0.05) is 27.1 Å². The number of furan rings is 1. The molecule has 0 radical (unpaired) electrons. The summed E-state index contributed by atoms with van der Waals surface area (Å²) in [5, 5.41) is 8.83. The van der Waals surface area contributed by atoms with E-state index < -0.39 is 36.2 Å². The molecular weight excluding hydrogens is 534 g/mol.